The highest BCUT2D eigenvalue weighted by Crippen LogP contribution is 2.27. The van der Waals surface area contributed by atoms with Crippen molar-refractivity contribution in [3.63, 3.8) is 0 Å². The summed E-state index contributed by atoms with van der Waals surface area (Å²) in [5, 5.41) is 10.8. The molecule has 0 atom stereocenters. The van der Waals surface area contributed by atoms with Crippen LogP contribution in [0.15, 0.2) is 17.7 Å². The first-order chi connectivity index (χ1) is 9.25. The minimum Gasteiger partial charge on any atom is -0.478 e. The molecule has 1 aliphatic rings. The van der Waals surface area contributed by atoms with Crippen LogP contribution in [0.25, 0.3) is 11.0 Å². The molecule has 0 bridgehead atoms. The van der Waals surface area contributed by atoms with Gasteiger partial charge in [0.05, 0.1) is 5.69 Å². The van der Waals surface area contributed by atoms with E-state index in [-0.39, 0.29) is 0 Å². The van der Waals surface area contributed by atoms with Crippen molar-refractivity contribution in [3.8, 4) is 0 Å². The quantitative estimate of drug-likeness (QED) is 0.876. The zero-order valence-corrected chi connectivity index (χ0v) is 11.3. The van der Waals surface area contributed by atoms with Crippen molar-refractivity contribution in [3.05, 3.63) is 23.3 Å². The predicted molar refractivity (Wildman–Crippen MR) is 75.8 cm³/mol. The molecule has 1 N–H and O–H groups in total. The molecule has 1 aliphatic heterocycles. The van der Waals surface area contributed by atoms with Crippen molar-refractivity contribution in [1.82, 2.24) is 9.38 Å². The van der Waals surface area contributed by atoms with Gasteiger partial charge in [-0.3, -0.25) is 4.40 Å². The normalized spacial score (nSPS) is 16.5. The monoisotopic (exact) mass is 277 g/mol. The van der Waals surface area contributed by atoms with Gasteiger partial charge in [-0.2, -0.15) is 0 Å². The Bertz CT molecular complexity index is 623. The molecule has 2 aromatic heterocycles. The summed E-state index contributed by atoms with van der Waals surface area (Å²) in [7, 11) is 0. The van der Waals surface area contributed by atoms with Gasteiger partial charge < -0.3 is 10.0 Å². The van der Waals surface area contributed by atoms with Crippen LogP contribution in [0, 0.1) is 0 Å². The molecule has 100 valence electrons. The van der Waals surface area contributed by atoms with Crippen LogP contribution >= 0.6 is 11.3 Å². The fourth-order valence-corrected chi connectivity index (χ4v) is 3.15. The van der Waals surface area contributed by atoms with Crippen LogP contribution in [0.5, 0.6) is 0 Å². The molecule has 19 heavy (non-hydrogen) atoms. The van der Waals surface area contributed by atoms with Crippen molar-refractivity contribution >= 4 is 34.2 Å². The summed E-state index contributed by atoms with van der Waals surface area (Å²) < 4.78 is 1.95. The van der Waals surface area contributed by atoms with Crippen molar-refractivity contribution in [1.29, 1.82) is 0 Å². The van der Waals surface area contributed by atoms with E-state index in [0.29, 0.717) is 0 Å². The number of piperidine rings is 1. The van der Waals surface area contributed by atoms with Crippen LogP contribution in [0.3, 0.4) is 0 Å². The van der Waals surface area contributed by atoms with Gasteiger partial charge >= 0.3 is 5.97 Å². The minimum absolute atomic E-state index is 0.862. The summed E-state index contributed by atoms with van der Waals surface area (Å²) in [6.07, 6.45) is 8.36. The highest BCUT2D eigenvalue weighted by atomic mass is 32.1. The van der Waals surface area contributed by atoms with Gasteiger partial charge in [-0.1, -0.05) is 0 Å². The lowest BCUT2D eigenvalue weighted by Crippen LogP contribution is -2.30. The molecule has 3 rings (SSSR count). The number of carbonyl (C=O) groups is 1. The highest BCUT2D eigenvalue weighted by Gasteiger charge is 2.19. The fourth-order valence-electron chi connectivity index (χ4n) is 2.44. The van der Waals surface area contributed by atoms with Crippen LogP contribution in [-0.4, -0.2) is 33.6 Å². The number of rotatable bonds is 3. The van der Waals surface area contributed by atoms with Crippen LogP contribution in [0.4, 0.5) is 5.82 Å². The largest absolute Gasteiger partial charge is 0.478 e. The number of aromatic nitrogens is 2. The molecule has 0 unspecified atom stereocenters. The van der Waals surface area contributed by atoms with Crippen molar-refractivity contribution in [2.24, 2.45) is 0 Å². The fraction of sp³-hybridized carbons (Fsp3) is 0.385. The third kappa shape index (κ3) is 2.35. The molecule has 1 fully saturated rings. The number of anilines is 1. The lowest BCUT2D eigenvalue weighted by Gasteiger charge is -2.27. The van der Waals surface area contributed by atoms with E-state index >= 15 is 0 Å². The summed E-state index contributed by atoms with van der Waals surface area (Å²) in [6.45, 7) is 2.00. The van der Waals surface area contributed by atoms with Gasteiger partial charge in [-0.15, -0.1) is 11.3 Å². The number of carboxylic acids is 1. The predicted octanol–water partition coefficient (Wildman–Crippen LogP) is 2.48. The second-order valence-electron chi connectivity index (χ2n) is 4.60. The standard InChI is InChI=1S/C13H15N3O2S/c17-11(18)5-4-10-12(15-6-2-1-3-7-15)14-13-16(10)8-9-19-13/h4-5,8-9H,1-3,6-7H2,(H,17,18). The Kier molecular flexibility index (Phi) is 3.25. The molecular weight excluding hydrogens is 262 g/mol. The van der Waals surface area contributed by atoms with Crippen molar-refractivity contribution < 1.29 is 9.90 Å². The molecule has 0 spiro atoms. The van der Waals surface area contributed by atoms with E-state index in [0.717, 1.165) is 29.6 Å². The van der Waals surface area contributed by atoms with Gasteiger partial charge in [0.1, 0.15) is 0 Å². The van der Waals surface area contributed by atoms with E-state index in [1.165, 1.54) is 25.3 Å². The van der Waals surface area contributed by atoms with Crippen molar-refractivity contribution in [2.45, 2.75) is 19.3 Å². The third-order valence-electron chi connectivity index (χ3n) is 3.32. The molecule has 0 aromatic carbocycles. The van der Waals surface area contributed by atoms with E-state index in [9.17, 15) is 4.79 Å². The smallest absolute Gasteiger partial charge is 0.328 e. The van der Waals surface area contributed by atoms with Crippen LogP contribution in [0.1, 0.15) is 25.0 Å². The molecule has 2 aromatic rings. The van der Waals surface area contributed by atoms with Gasteiger partial charge in [0.15, 0.2) is 10.8 Å². The van der Waals surface area contributed by atoms with Crippen LogP contribution in [-0.2, 0) is 4.79 Å². The van der Waals surface area contributed by atoms with Crippen LogP contribution < -0.4 is 4.90 Å². The second kappa shape index (κ2) is 5.05. The molecule has 0 aliphatic carbocycles. The first-order valence-corrected chi connectivity index (χ1v) is 7.25. The SMILES string of the molecule is O=C(O)C=Cc1c(N2CCCCC2)nc2sccn12. The molecular formula is C13H15N3O2S. The number of aliphatic carboxylic acids is 1. The first-order valence-electron chi connectivity index (χ1n) is 6.37. The Morgan fingerprint density at radius 1 is 1.37 bits per heavy atom. The van der Waals surface area contributed by atoms with Gasteiger partial charge in [0.2, 0.25) is 0 Å². The number of carboxylic acid groups (broad SMARTS) is 1. The van der Waals surface area contributed by atoms with E-state index in [2.05, 4.69) is 9.88 Å². The molecule has 0 saturated carbocycles. The van der Waals surface area contributed by atoms with E-state index < -0.39 is 5.97 Å². The number of fused-ring (bicyclic) bond motifs is 1. The first kappa shape index (κ1) is 12.2. The molecule has 1 saturated heterocycles. The third-order valence-corrected chi connectivity index (χ3v) is 4.08. The number of thiazole rings is 1. The zero-order chi connectivity index (χ0) is 13.2. The second-order valence-corrected chi connectivity index (χ2v) is 5.47. The summed E-state index contributed by atoms with van der Waals surface area (Å²) in [5.41, 5.74) is 0.862. The number of imidazole rings is 1. The van der Waals surface area contributed by atoms with E-state index in [4.69, 9.17) is 5.11 Å². The topological polar surface area (TPSA) is 57.8 Å². The van der Waals surface area contributed by atoms with Crippen LogP contribution in [0.2, 0.25) is 0 Å². The maximum Gasteiger partial charge on any atom is 0.328 e. The Morgan fingerprint density at radius 3 is 2.89 bits per heavy atom. The van der Waals surface area contributed by atoms with E-state index in [1.807, 2.05) is 16.0 Å². The van der Waals surface area contributed by atoms with Gasteiger partial charge in [-0.25, -0.2) is 9.78 Å². The number of nitrogens with zero attached hydrogens (tertiary/aromatic N) is 3. The maximum absolute atomic E-state index is 10.7. The Morgan fingerprint density at radius 2 is 2.16 bits per heavy atom. The lowest BCUT2D eigenvalue weighted by molar-refractivity contribution is -0.131. The summed E-state index contributed by atoms with van der Waals surface area (Å²) in [6, 6.07) is 0. The molecule has 0 amide bonds. The van der Waals surface area contributed by atoms with Gasteiger partial charge in [-0.05, 0) is 25.3 Å². The summed E-state index contributed by atoms with van der Waals surface area (Å²) >= 11 is 1.56. The highest BCUT2D eigenvalue weighted by molar-refractivity contribution is 7.15. The Labute approximate surface area is 114 Å². The molecule has 3 heterocycles. The summed E-state index contributed by atoms with van der Waals surface area (Å²) in [4.78, 5) is 18.5. The van der Waals surface area contributed by atoms with Gasteiger partial charge in [0.25, 0.3) is 0 Å². The zero-order valence-electron chi connectivity index (χ0n) is 10.5. The summed E-state index contributed by atoms with van der Waals surface area (Å²) in [5.74, 6) is -0.0289. The van der Waals surface area contributed by atoms with Gasteiger partial charge in [0, 0.05) is 30.7 Å². The Balaban J connectivity index is 2.04. The number of hydrogen-bond donors (Lipinski definition) is 1. The lowest BCUT2D eigenvalue weighted by atomic mass is 10.1. The average molecular weight is 277 g/mol. The average Bonchev–Trinajstić information content (AvgIpc) is 2.98. The maximum atomic E-state index is 10.7. The molecule has 0 radical (unpaired) electrons. The van der Waals surface area contributed by atoms with E-state index in [1.54, 1.807) is 17.4 Å². The molecule has 5 nitrogen and oxygen atoms in total. The minimum atomic E-state index is -0.935. The van der Waals surface area contributed by atoms with Crippen molar-refractivity contribution in [2.75, 3.05) is 18.0 Å². The Hall–Kier alpha value is -1.82. The molecule has 6 heteroatoms. The number of hydrogen-bond acceptors (Lipinski definition) is 4.